The number of hydrogen-bond acceptors (Lipinski definition) is 4. The molecule has 1 aliphatic rings. The molecule has 0 bridgehead atoms. The standard InChI is InChI=1S/C23H32N4O3S/c1-18-6-7-19(16-22(18)30-3)12-13-25-23(24-2)26-17-20-8-10-21(11-9-20)31(28,29)27-14-4-5-15-27/h6-11,16H,4-5,12-15,17H2,1-3H3,(H2,24,25,26). The van der Waals surface area contributed by atoms with Gasteiger partial charge in [0.15, 0.2) is 5.96 Å². The molecular weight excluding hydrogens is 412 g/mol. The van der Waals surface area contributed by atoms with Crippen molar-refractivity contribution in [3.05, 3.63) is 59.2 Å². The number of methoxy groups -OCH3 is 1. The van der Waals surface area contributed by atoms with Gasteiger partial charge in [0.2, 0.25) is 10.0 Å². The van der Waals surface area contributed by atoms with Gasteiger partial charge in [-0.2, -0.15) is 4.31 Å². The third-order valence-corrected chi connectivity index (χ3v) is 7.40. The number of aryl methyl sites for hydroxylation is 1. The zero-order valence-corrected chi connectivity index (χ0v) is 19.3. The Morgan fingerprint density at radius 2 is 1.74 bits per heavy atom. The quantitative estimate of drug-likeness (QED) is 0.483. The first-order chi connectivity index (χ1) is 14.9. The lowest BCUT2D eigenvalue weighted by atomic mass is 10.1. The van der Waals surface area contributed by atoms with Crippen LogP contribution in [0.25, 0.3) is 0 Å². The van der Waals surface area contributed by atoms with Crippen LogP contribution in [-0.2, 0) is 23.0 Å². The number of rotatable bonds is 8. The van der Waals surface area contributed by atoms with Crippen LogP contribution in [0.1, 0.15) is 29.5 Å². The molecule has 0 spiro atoms. The van der Waals surface area contributed by atoms with Crippen LogP contribution in [0.3, 0.4) is 0 Å². The van der Waals surface area contributed by atoms with E-state index in [9.17, 15) is 8.42 Å². The summed E-state index contributed by atoms with van der Waals surface area (Å²) in [5, 5.41) is 6.58. The molecule has 2 N–H and O–H groups in total. The molecule has 1 saturated heterocycles. The first-order valence-electron chi connectivity index (χ1n) is 10.6. The summed E-state index contributed by atoms with van der Waals surface area (Å²) in [7, 11) is 0.0474. The normalized spacial score (nSPS) is 15.1. The van der Waals surface area contributed by atoms with Gasteiger partial charge in [-0.25, -0.2) is 8.42 Å². The van der Waals surface area contributed by atoms with Crippen LogP contribution < -0.4 is 15.4 Å². The first kappa shape index (κ1) is 23.1. The van der Waals surface area contributed by atoms with Crippen molar-refractivity contribution in [1.82, 2.24) is 14.9 Å². The summed E-state index contributed by atoms with van der Waals surface area (Å²) in [6, 6.07) is 13.3. The SMILES string of the molecule is CN=C(NCCc1ccc(C)c(OC)c1)NCc1ccc(S(=O)(=O)N2CCCC2)cc1. The van der Waals surface area contributed by atoms with E-state index < -0.39 is 10.0 Å². The summed E-state index contributed by atoms with van der Waals surface area (Å²) in [6.45, 7) is 4.55. The second-order valence-electron chi connectivity index (χ2n) is 7.66. The van der Waals surface area contributed by atoms with Gasteiger partial charge in [0, 0.05) is 33.2 Å². The molecule has 0 unspecified atom stereocenters. The Hall–Kier alpha value is -2.58. The van der Waals surface area contributed by atoms with Gasteiger partial charge in [0.05, 0.1) is 12.0 Å². The molecule has 2 aromatic rings. The Labute approximate surface area is 185 Å². The number of aliphatic imine (C=N–C) groups is 1. The molecule has 0 aliphatic carbocycles. The van der Waals surface area contributed by atoms with E-state index in [1.165, 1.54) is 5.56 Å². The fourth-order valence-corrected chi connectivity index (χ4v) is 5.13. The van der Waals surface area contributed by atoms with Crippen LogP contribution in [0.2, 0.25) is 0 Å². The van der Waals surface area contributed by atoms with Crippen LogP contribution in [0.4, 0.5) is 0 Å². The molecule has 0 aromatic heterocycles. The van der Waals surface area contributed by atoms with Crippen molar-refractivity contribution in [3.63, 3.8) is 0 Å². The van der Waals surface area contributed by atoms with Crippen LogP contribution >= 0.6 is 0 Å². The van der Waals surface area contributed by atoms with Crippen molar-refractivity contribution >= 4 is 16.0 Å². The third kappa shape index (κ3) is 5.98. The highest BCUT2D eigenvalue weighted by molar-refractivity contribution is 7.89. The molecule has 168 valence electrons. The summed E-state index contributed by atoms with van der Waals surface area (Å²) in [6.07, 6.45) is 2.72. The Kier molecular flexibility index (Phi) is 7.92. The predicted octanol–water partition coefficient (Wildman–Crippen LogP) is 2.70. The molecule has 2 aromatic carbocycles. The number of guanidine groups is 1. The van der Waals surface area contributed by atoms with Crippen molar-refractivity contribution in [2.24, 2.45) is 4.99 Å². The van der Waals surface area contributed by atoms with Crippen LogP contribution in [0.5, 0.6) is 5.75 Å². The molecule has 0 radical (unpaired) electrons. The zero-order chi connectivity index (χ0) is 22.3. The number of nitrogens with one attached hydrogen (secondary N) is 2. The number of hydrogen-bond donors (Lipinski definition) is 2. The fourth-order valence-electron chi connectivity index (χ4n) is 3.61. The highest BCUT2D eigenvalue weighted by atomic mass is 32.2. The smallest absolute Gasteiger partial charge is 0.243 e. The molecule has 0 amide bonds. The third-order valence-electron chi connectivity index (χ3n) is 5.49. The maximum Gasteiger partial charge on any atom is 0.243 e. The molecule has 31 heavy (non-hydrogen) atoms. The van der Waals surface area contributed by atoms with Gasteiger partial charge >= 0.3 is 0 Å². The molecule has 3 rings (SSSR count). The summed E-state index contributed by atoms with van der Waals surface area (Å²) < 4.78 is 32.2. The molecule has 1 aliphatic heterocycles. The largest absolute Gasteiger partial charge is 0.496 e. The minimum absolute atomic E-state index is 0.356. The Balaban J connectivity index is 1.49. The van der Waals surface area contributed by atoms with Crippen LogP contribution in [0, 0.1) is 6.92 Å². The second kappa shape index (κ2) is 10.6. The van der Waals surface area contributed by atoms with E-state index in [1.54, 1.807) is 30.6 Å². The van der Waals surface area contributed by atoms with E-state index in [0.29, 0.717) is 30.5 Å². The van der Waals surface area contributed by atoms with E-state index in [0.717, 1.165) is 42.7 Å². The summed E-state index contributed by atoms with van der Waals surface area (Å²) in [5.41, 5.74) is 3.31. The topological polar surface area (TPSA) is 83.0 Å². The lowest BCUT2D eigenvalue weighted by molar-refractivity contribution is 0.411. The molecule has 0 atom stereocenters. The lowest BCUT2D eigenvalue weighted by Crippen LogP contribution is -2.37. The monoisotopic (exact) mass is 444 g/mol. The molecule has 8 heteroatoms. The van der Waals surface area contributed by atoms with Crippen molar-refractivity contribution in [2.45, 2.75) is 37.6 Å². The lowest BCUT2D eigenvalue weighted by Gasteiger charge is -2.16. The molecule has 1 fully saturated rings. The van der Waals surface area contributed by atoms with E-state index >= 15 is 0 Å². The maximum absolute atomic E-state index is 12.6. The second-order valence-corrected chi connectivity index (χ2v) is 9.60. The highest BCUT2D eigenvalue weighted by Gasteiger charge is 2.26. The van der Waals surface area contributed by atoms with Gasteiger partial charge < -0.3 is 15.4 Å². The fraction of sp³-hybridized carbons (Fsp3) is 0.435. The van der Waals surface area contributed by atoms with Gasteiger partial charge in [-0.05, 0) is 61.1 Å². The van der Waals surface area contributed by atoms with Crippen molar-refractivity contribution in [3.8, 4) is 5.75 Å². The Bertz CT molecular complexity index is 998. The van der Waals surface area contributed by atoms with Gasteiger partial charge in [0.25, 0.3) is 0 Å². The number of ether oxygens (including phenoxy) is 1. The average molecular weight is 445 g/mol. The van der Waals surface area contributed by atoms with Crippen LogP contribution in [0.15, 0.2) is 52.4 Å². The van der Waals surface area contributed by atoms with Crippen molar-refractivity contribution in [2.75, 3.05) is 33.8 Å². The van der Waals surface area contributed by atoms with Gasteiger partial charge in [-0.15, -0.1) is 0 Å². The van der Waals surface area contributed by atoms with E-state index in [2.05, 4.69) is 33.8 Å². The van der Waals surface area contributed by atoms with Gasteiger partial charge in [0.1, 0.15) is 5.75 Å². The van der Waals surface area contributed by atoms with Crippen LogP contribution in [-0.4, -0.2) is 52.5 Å². The van der Waals surface area contributed by atoms with Gasteiger partial charge in [-0.1, -0.05) is 24.3 Å². The molecular formula is C23H32N4O3S. The maximum atomic E-state index is 12.6. The molecule has 0 saturated carbocycles. The molecule has 1 heterocycles. The van der Waals surface area contributed by atoms with Crippen molar-refractivity contribution in [1.29, 1.82) is 0 Å². The van der Waals surface area contributed by atoms with Gasteiger partial charge in [-0.3, -0.25) is 4.99 Å². The Morgan fingerprint density at radius 1 is 1.06 bits per heavy atom. The molecule has 7 nitrogen and oxygen atoms in total. The zero-order valence-electron chi connectivity index (χ0n) is 18.5. The number of benzene rings is 2. The van der Waals surface area contributed by atoms with E-state index in [1.807, 2.05) is 19.1 Å². The first-order valence-corrected chi connectivity index (χ1v) is 12.0. The minimum atomic E-state index is -3.37. The summed E-state index contributed by atoms with van der Waals surface area (Å²) >= 11 is 0. The number of sulfonamides is 1. The average Bonchev–Trinajstić information content (AvgIpc) is 3.33. The van der Waals surface area contributed by atoms with E-state index in [-0.39, 0.29) is 0 Å². The number of nitrogens with zero attached hydrogens (tertiary/aromatic N) is 2. The Morgan fingerprint density at radius 3 is 2.39 bits per heavy atom. The highest BCUT2D eigenvalue weighted by Crippen LogP contribution is 2.21. The van der Waals surface area contributed by atoms with Crippen molar-refractivity contribution < 1.29 is 13.2 Å². The minimum Gasteiger partial charge on any atom is -0.496 e. The summed E-state index contributed by atoms with van der Waals surface area (Å²) in [4.78, 5) is 4.61. The van der Waals surface area contributed by atoms with E-state index in [4.69, 9.17) is 4.74 Å². The predicted molar refractivity (Wildman–Crippen MR) is 124 cm³/mol. The summed E-state index contributed by atoms with van der Waals surface area (Å²) in [5.74, 6) is 1.60.